The van der Waals surface area contributed by atoms with Crippen molar-refractivity contribution in [3.63, 3.8) is 0 Å². The van der Waals surface area contributed by atoms with Crippen molar-refractivity contribution in [3.8, 4) is 0 Å². The van der Waals surface area contributed by atoms with Crippen molar-refractivity contribution < 1.29 is 0 Å². The SMILES string of the molecule is C=Cc1cccc2c1c1ccccc1n2C. The highest BCUT2D eigenvalue weighted by atomic mass is 14.9. The van der Waals surface area contributed by atoms with E-state index in [9.17, 15) is 0 Å². The molecule has 0 aliphatic heterocycles. The van der Waals surface area contributed by atoms with E-state index in [1.807, 2.05) is 6.08 Å². The standard InChI is InChI=1S/C15H13N/c1-3-11-7-6-10-14-15(11)12-8-4-5-9-13(12)16(14)2/h3-10H,1H2,2H3. The molecule has 0 spiro atoms. The molecule has 1 heteroatoms. The third kappa shape index (κ3) is 1.06. The smallest absolute Gasteiger partial charge is 0.0494 e. The van der Waals surface area contributed by atoms with Gasteiger partial charge in [-0.2, -0.15) is 0 Å². The van der Waals surface area contributed by atoms with Crippen LogP contribution < -0.4 is 0 Å². The minimum absolute atomic E-state index is 1.20. The van der Waals surface area contributed by atoms with Crippen LogP contribution in [-0.2, 0) is 7.05 Å². The Morgan fingerprint density at radius 2 is 1.75 bits per heavy atom. The summed E-state index contributed by atoms with van der Waals surface area (Å²) in [5, 5.41) is 2.60. The molecule has 0 aliphatic rings. The number of hydrogen-bond donors (Lipinski definition) is 0. The molecule has 3 rings (SSSR count). The largest absolute Gasteiger partial charge is 0.344 e. The van der Waals surface area contributed by atoms with Gasteiger partial charge in [0.25, 0.3) is 0 Å². The summed E-state index contributed by atoms with van der Waals surface area (Å²) in [6.45, 7) is 3.89. The van der Waals surface area contributed by atoms with Gasteiger partial charge in [-0.1, -0.05) is 43.0 Å². The molecule has 2 aromatic carbocycles. The van der Waals surface area contributed by atoms with Gasteiger partial charge in [0.1, 0.15) is 0 Å². The average molecular weight is 207 g/mol. The Morgan fingerprint density at radius 3 is 2.56 bits per heavy atom. The molecule has 0 radical (unpaired) electrons. The Bertz CT molecular complexity index is 689. The number of aromatic nitrogens is 1. The topological polar surface area (TPSA) is 4.93 Å². The van der Waals surface area contributed by atoms with Gasteiger partial charge in [0, 0.05) is 28.9 Å². The van der Waals surface area contributed by atoms with Gasteiger partial charge in [0.05, 0.1) is 0 Å². The molecule has 0 saturated carbocycles. The van der Waals surface area contributed by atoms with Gasteiger partial charge in [-0.15, -0.1) is 0 Å². The summed E-state index contributed by atoms with van der Waals surface area (Å²) in [6.07, 6.45) is 1.93. The average Bonchev–Trinajstić information content (AvgIpc) is 2.64. The van der Waals surface area contributed by atoms with Crippen molar-refractivity contribution in [2.24, 2.45) is 7.05 Å². The summed E-state index contributed by atoms with van der Waals surface area (Å²) in [7, 11) is 2.11. The molecule has 78 valence electrons. The summed E-state index contributed by atoms with van der Waals surface area (Å²) in [5.74, 6) is 0. The highest BCUT2D eigenvalue weighted by Crippen LogP contribution is 2.30. The number of aryl methyl sites for hydroxylation is 1. The number of para-hydroxylation sites is 1. The Hall–Kier alpha value is -2.02. The fraction of sp³-hybridized carbons (Fsp3) is 0.0667. The van der Waals surface area contributed by atoms with Crippen LogP contribution in [0, 0.1) is 0 Å². The zero-order valence-electron chi connectivity index (χ0n) is 9.27. The molecule has 1 heterocycles. The van der Waals surface area contributed by atoms with Crippen LogP contribution in [0.3, 0.4) is 0 Å². The lowest BCUT2D eigenvalue weighted by Crippen LogP contribution is -1.85. The van der Waals surface area contributed by atoms with Gasteiger partial charge in [-0.05, 0) is 17.7 Å². The minimum atomic E-state index is 1.20. The van der Waals surface area contributed by atoms with E-state index in [1.54, 1.807) is 0 Å². The number of nitrogens with zero attached hydrogens (tertiary/aromatic N) is 1. The molecule has 0 atom stereocenters. The van der Waals surface area contributed by atoms with Gasteiger partial charge in [0.15, 0.2) is 0 Å². The lowest BCUT2D eigenvalue weighted by molar-refractivity contribution is 1.01. The van der Waals surface area contributed by atoms with Gasteiger partial charge in [0.2, 0.25) is 0 Å². The van der Waals surface area contributed by atoms with Crippen LogP contribution in [0.1, 0.15) is 5.56 Å². The van der Waals surface area contributed by atoms with Crippen LogP contribution >= 0.6 is 0 Å². The third-order valence-corrected chi connectivity index (χ3v) is 3.19. The van der Waals surface area contributed by atoms with Crippen molar-refractivity contribution in [1.82, 2.24) is 4.57 Å². The number of hydrogen-bond acceptors (Lipinski definition) is 0. The second-order valence-corrected chi connectivity index (χ2v) is 4.02. The zero-order valence-corrected chi connectivity index (χ0v) is 9.27. The Kier molecular flexibility index (Phi) is 1.87. The zero-order chi connectivity index (χ0) is 11.1. The van der Waals surface area contributed by atoms with E-state index >= 15 is 0 Å². The Labute approximate surface area is 94.6 Å². The van der Waals surface area contributed by atoms with E-state index < -0.39 is 0 Å². The van der Waals surface area contributed by atoms with Crippen LogP contribution in [0.5, 0.6) is 0 Å². The Balaban J connectivity index is 2.67. The van der Waals surface area contributed by atoms with Crippen LogP contribution in [0.4, 0.5) is 0 Å². The minimum Gasteiger partial charge on any atom is -0.344 e. The number of fused-ring (bicyclic) bond motifs is 3. The third-order valence-electron chi connectivity index (χ3n) is 3.19. The molecule has 1 aromatic heterocycles. The van der Waals surface area contributed by atoms with Gasteiger partial charge < -0.3 is 4.57 Å². The van der Waals surface area contributed by atoms with E-state index in [-0.39, 0.29) is 0 Å². The molecule has 0 N–H and O–H groups in total. The molecule has 0 amide bonds. The number of benzene rings is 2. The van der Waals surface area contributed by atoms with Gasteiger partial charge in [-0.3, -0.25) is 0 Å². The van der Waals surface area contributed by atoms with Crippen LogP contribution in [-0.4, -0.2) is 4.57 Å². The van der Waals surface area contributed by atoms with E-state index in [0.29, 0.717) is 0 Å². The predicted octanol–water partition coefficient (Wildman–Crippen LogP) is 3.97. The lowest BCUT2D eigenvalue weighted by Gasteiger charge is -1.98. The monoisotopic (exact) mass is 207 g/mol. The molecule has 0 unspecified atom stereocenters. The number of rotatable bonds is 1. The fourth-order valence-corrected chi connectivity index (χ4v) is 2.41. The summed E-state index contributed by atoms with van der Waals surface area (Å²) in [5.41, 5.74) is 3.74. The van der Waals surface area contributed by atoms with Crippen LogP contribution in [0.15, 0.2) is 49.0 Å². The van der Waals surface area contributed by atoms with Crippen molar-refractivity contribution in [1.29, 1.82) is 0 Å². The molecule has 1 nitrogen and oxygen atoms in total. The lowest BCUT2D eigenvalue weighted by atomic mass is 10.1. The first-order valence-electron chi connectivity index (χ1n) is 5.41. The normalized spacial score (nSPS) is 11.1. The van der Waals surface area contributed by atoms with E-state index in [4.69, 9.17) is 0 Å². The van der Waals surface area contributed by atoms with Crippen molar-refractivity contribution in [2.75, 3.05) is 0 Å². The first-order valence-corrected chi connectivity index (χ1v) is 5.41. The van der Waals surface area contributed by atoms with Gasteiger partial charge >= 0.3 is 0 Å². The molecule has 0 fully saturated rings. The molecule has 3 aromatic rings. The van der Waals surface area contributed by atoms with E-state index in [2.05, 4.69) is 60.7 Å². The maximum atomic E-state index is 3.89. The Morgan fingerprint density at radius 1 is 1.00 bits per heavy atom. The first-order chi connectivity index (χ1) is 7.83. The second kappa shape index (κ2) is 3.24. The highest BCUT2D eigenvalue weighted by Gasteiger charge is 2.08. The molecule has 0 saturated heterocycles. The molecule has 16 heavy (non-hydrogen) atoms. The quantitative estimate of drug-likeness (QED) is 0.569. The summed E-state index contributed by atoms with van der Waals surface area (Å²) in [6, 6.07) is 14.8. The molecular formula is C15H13N. The van der Waals surface area contributed by atoms with Crippen molar-refractivity contribution >= 4 is 27.9 Å². The summed E-state index contributed by atoms with van der Waals surface area (Å²) < 4.78 is 2.23. The highest BCUT2D eigenvalue weighted by molar-refractivity contribution is 6.11. The van der Waals surface area contributed by atoms with Crippen molar-refractivity contribution in [3.05, 3.63) is 54.6 Å². The van der Waals surface area contributed by atoms with E-state index in [0.717, 1.165) is 0 Å². The molecule has 0 aliphatic carbocycles. The van der Waals surface area contributed by atoms with Gasteiger partial charge in [-0.25, -0.2) is 0 Å². The predicted molar refractivity (Wildman–Crippen MR) is 70.5 cm³/mol. The summed E-state index contributed by atoms with van der Waals surface area (Å²) in [4.78, 5) is 0. The molecule has 0 bridgehead atoms. The van der Waals surface area contributed by atoms with E-state index in [1.165, 1.54) is 27.4 Å². The summed E-state index contributed by atoms with van der Waals surface area (Å²) >= 11 is 0. The maximum Gasteiger partial charge on any atom is 0.0494 e. The first kappa shape index (κ1) is 9.22. The fourth-order valence-electron chi connectivity index (χ4n) is 2.41. The van der Waals surface area contributed by atoms with Crippen molar-refractivity contribution in [2.45, 2.75) is 0 Å². The maximum absolute atomic E-state index is 3.89. The van der Waals surface area contributed by atoms with Crippen LogP contribution in [0.25, 0.3) is 27.9 Å². The second-order valence-electron chi connectivity index (χ2n) is 4.02. The molecular weight excluding hydrogens is 194 g/mol. The van der Waals surface area contributed by atoms with Crippen LogP contribution in [0.2, 0.25) is 0 Å².